The first kappa shape index (κ1) is 13.2. The maximum absolute atomic E-state index is 11.8. The number of halogens is 1. The molecule has 5 heteroatoms. The van der Waals surface area contributed by atoms with Crippen LogP contribution >= 0.6 is 11.6 Å². The summed E-state index contributed by atoms with van der Waals surface area (Å²) in [6.07, 6.45) is 0. The van der Waals surface area contributed by atoms with Crippen LogP contribution in [0.4, 0.5) is 5.69 Å². The van der Waals surface area contributed by atoms with Gasteiger partial charge in [-0.25, -0.2) is 0 Å². The van der Waals surface area contributed by atoms with Crippen molar-refractivity contribution in [2.45, 2.75) is 25.9 Å². The van der Waals surface area contributed by atoms with Gasteiger partial charge in [0.2, 0.25) is 5.91 Å². The number of aryl methyl sites for hydroxylation is 1. The minimum absolute atomic E-state index is 0.0210. The number of carbonyl (C=O) groups is 1. The first-order valence-electron chi connectivity index (χ1n) is 6.07. The highest BCUT2D eigenvalue weighted by atomic mass is 35.5. The highest BCUT2D eigenvalue weighted by Gasteiger charge is 2.33. The topological polar surface area (TPSA) is 58.4 Å². The Morgan fingerprint density at radius 3 is 2.89 bits per heavy atom. The highest BCUT2D eigenvalue weighted by molar-refractivity contribution is 6.31. The summed E-state index contributed by atoms with van der Waals surface area (Å²) in [6, 6.07) is 5.72. The molecule has 3 N–H and O–H groups in total. The number of nitrogens with zero attached hydrogens (tertiary/aromatic N) is 1. The first-order chi connectivity index (χ1) is 8.54. The fraction of sp³-hybridized carbons (Fsp3) is 0.462. The van der Waals surface area contributed by atoms with Crippen LogP contribution in [-0.2, 0) is 4.79 Å². The summed E-state index contributed by atoms with van der Waals surface area (Å²) in [5.74, 6) is -0.0210. The van der Waals surface area contributed by atoms with Gasteiger partial charge < -0.3 is 16.0 Å². The van der Waals surface area contributed by atoms with E-state index in [0.29, 0.717) is 18.1 Å². The fourth-order valence-electron chi connectivity index (χ4n) is 2.30. The molecule has 1 amide bonds. The zero-order valence-corrected chi connectivity index (χ0v) is 11.4. The van der Waals surface area contributed by atoms with Gasteiger partial charge >= 0.3 is 0 Å². The Balaban J connectivity index is 2.38. The van der Waals surface area contributed by atoms with Crippen molar-refractivity contribution in [1.29, 1.82) is 0 Å². The number of nitrogens with two attached hydrogens (primary N) is 1. The van der Waals surface area contributed by atoms with Crippen LogP contribution in [0.15, 0.2) is 18.2 Å². The van der Waals surface area contributed by atoms with E-state index in [4.69, 9.17) is 17.3 Å². The number of hydrogen-bond donors (Lipinski definition) is 2. The van der Waals surface area contributed by atoms with Crippen LogP contribution in [-0.4, -0.2) is 31.1 Å². The number of benzene rings is 1. The number of carbonyl (C=O) groups excluding carboxylic acids is 1. The third-order valence-electron chi connectivity index (χ3n) is 3.36. The van der Waals surface area contributed by atoms with Crippen LogP contribution in [0.2, 0.25) is 5.02 Å². The van der Waals surface area contributed by atoms with E-state index >= 15 is 0 Å². The van der Waals surface area contributed by atoms with Crippen LogP contribution < -0.4 is 16.0 Å². The van der Waals surface area contributed by atoms with Gasteiger partial charge in [-0.2, -0.15) is 0 Å². The van der Waals surface area contributed by atoms with Crippen molar-refractivity contribution in [3.8, 4) is 0 Å². The molecule has 2 unspecified atom stereocenters. The molecule has 18 heavy (non-hydrogen) atoms. The van der Waals surface area contributed by atoms with Gasteiger partial charge in [0.1, 0.15) is 6.04 Å². The van der Waals surface area contributed by atoms with E-state index in [9.17, 15) is 4.79 Å². The van der Waals surface area contributed by atoms with E-state index in [1.54, 1.807) is 0 Å². The molecule has 0 bridgehead atoms. The molecule has 1 heterocycles. The standard InChI is InChI=1S/C13H18ClN3O/c1-8-3-4-10(5-11(8)14)17-9(2)7-16-13(18)12(17)6-15/h3-5,9,12H,6-7,15H2,1-2H3,(H,16,18). The Kier molecular flexibility index (Phi) is 3.78. The molecule has 98 valence electrons. The summed E-state index contributed by atoms with van der Waals surface area (Å²) < 4.78 is 0. The second-order valence-electron chi connectivity index (χ2n) is 4.69. The fourth-order valence-corrected chi connectivity index (χ4v) is 2.47. The Labute approximate surface area is 112 Å². The van der Waals surface area contributed by atoms with Crippen molar-refractivity contribution >= 4 is 23.2 Å². The third kappa shape index (κ3) is 2.31. The zero-order valence-electron chi connectivity index (χ0n) is 10.6. The van der Waals surface area contributed by atoms with Gasteiger partial charge in [0.25, 0.3) is 0 Å². The van der Waals surface area contributed by atoms with Crippen LogP contribution in [0.1, 0.15) is 12.5 Å². The minimum Gasteiger partial charge on any atom is -0.354 e. The highest BCUT2D eigenvalue weighted by Crippen LogP contribution is 2.27. The van der Waals surface area contributed by atoms with E-state index in [1.165, 1.54) is 0 Å². The summed E-state index contributed by atoms with van der Waals surface area (Å²) in [5.41, 5.74) is 7.69. The summed E-state index contributed by atoms with van der Waals surface area (Å²) in [5, 5.41) is 3.57. The molecular formula is C13H18ClN3O. The number of amides is 1. The number of rotatable bonds is 2. The first-order valence-corrected chi connectivity index (χ1v) is 6.44. The largest absolute Gasteiger partial charge is 0.354 e. The molecule has 0 spiro atoms. The van der Waals surface area contributed by atoms with Gasteiger partial charge in [-0.05, 0) is 31.5 Å². The van der Waals surface area contributed by atoms with Gasteiger partial charge in [-0.3, -0.25) is 4.79 Å². The lowest BCUT2D eigenvalue weighted by Crippen LogP contribution is -2.62. The van der Waals surface area contributed by atoms with Crippen molar-refractivity contribution in [3.63, 3.8) is 0 Å². The lowest BCUT2D eigenvalue weighted by Gasteiger charge is -2.41. The van der Waals surface area contributed by atoms with E-state index < -0.39 is 0 Å². The molecule has 1 aliphatic rings. The van der Waals surface area contributed by atoms with Crippen molar-refractivity contribution in [2.75, 3.05) is 18.0 Å². The lowest BCUT2D eigenvalue weighted by molar-refractivity contribution is -0.123. The summed E-state index contributed by atoms with van der Waals surface area (Å²) in [4.78, 5) is 13.9. The molecule has 1 saturated heterocycles. The molecule has 1 aliphatic heterocycles. The van der Waals surface area contributed by atoms with Crippen LogP contribution in [0, 0.1) is 6.92 Å². The van der Waals surface area contributed by atoms with Gasteiger partial charge in [-0.15, -0.1) is 0 Å². The molecular weight excluding hydrogens is 250 g/mol. The second-order valence-corrected chi connectivity index (χ2v) is 5.09. The monoisotopic (exact) mass is 267 g/mol. The minimum atomic E-state index is -0.326. The molecule has 2 atom stereocenters. The van der Waals surface area contributed by atoms with Crippen molar-refractivity contribution in [2.24, 2.45) is 5.73 Å². The molecule has 1 aromatic rings. The van der Waals surface area contributed by atoms with E-state index in [1.807, 2.05) is 30.0 Å². The number of anilines is 1. The van der Waals surface area contributed by atoms with Crippen LogP contribution in [0.25, 0.3) is 0 Å². The van der Waals surface area contributed by atoms with Crippen molar-refractivity contribution in [1.82, 2.24) is 5.32 Å². The SMILES string of the molecule is Cc1ccc(N2C(C)CNC(=O)C2CN)cc1Cl. The predicted molar refractivity (Wildman–Crippen MR) is 74.0 cm³/mol. The van der Waals surface area contributed by atoms with Crippen LogP contribution in [0.5, 0.6) is 0 Å². The Bertz CT molecular complexity index is 464. The molecule has 0 aromatic heterocycles. The maximum atomic E-state index is 11.8. The summed E-state index contributed by atoms with van der Waals surface area (Å²) in [7, 11) is 0. The Hall–Kier alpha value is -1.26. The average Bonchev–Trinajstić information content (AvgIpc) is 2.35. The van der Waals surface area contributed by atoms with Gasteiger partial charge in [0, 0.05) is 29.8 Å². The van der Waals surface area contributed by atoms with Gasteiger partial charge in [0.05, 0.1) is 0 Å². The summed E-state index contributed by atoms with van der Waals surface area (Å²) in [6.45, 7) is 4.94. The zero-order chi connectivity index (χ0) is 13.3. The van der Waals surface area contributed by atoms with Crippen LogP contribution in [0.3, 0.4) is 0 Å². The lowest BCUT2D eigenvalue weighted by atomic mass is 10.1. The predicted octanol–water partition coefficient (Wildman–Crippen LogP) is 1.30. The Morgan fingerprint density at radius 1 is 1.56 bits per heavy atom. The van der Waals surface area contributed by atoms with Gasteiger partial charge in [-0.1, -0.05) is 17.7 Å². The van der Waals surface area contributed by atoms with Crippen molar-refractivity contribution < 1.29 is 4.79 Å². The number of piperazine rings is 1. The average molecular weight is 268 g/mol. The molecule has 2 rings (SSSR count). The summed E-state index contributed by atoms with van der Waals surface area (Å²) >= 11 is 6.15. The molecule has 4 nitrogen and oxygen atoms in total. The van der Waals surface area contributed by atoms with Crippen molar-refractivity contribution in [3.05, 3.63) is 28.8 Å². The normalized spacial score (nSPS) is 24.0. The number of nitrogens with one attached hydrogen (secondary N) is 1. The van der Waals surface area contributed by atoms with Gasteiger partial charge in [0.15, 0.2) is 0 Å². The second kappa shape index (κ2) is 5.16. The molecule has 1 aromatic carbocycles. The number of hydrogen-bond acceptors (Lipinski definition) is 3. The molecule has 0 saturated carbocycles. The quantitative estimate of drug-likeness (QED) is 0.849. The smallest absolute Gasteiger partial charge is 0.244 e. The van der Waals surface area contributed by atoms with E-state index in [-0.39, 0.29) is 18.0 Å². The molecule has 0 aliphatic carbocycles. The van der Waals surface area contributed by atoms with E-state index in [0.717, 1.165) is 11.3 Å². The molecule has 1 fully saturated rings. The van der Waals surface area contributed by atoms with E-state index in [2.05, 4.69) is 12.2 Å². The molecule has 0 radical (unpaired) electrons. The third-order valence-corrected chi connectivity index (χ3v) is 3.77. The maximum Gasteiger partial charge on any atom is 0.244 e. The Morgan fingerprint density at radius 2 is 2.28 bits per heavy atom.